The molecule has 1 aliphatic rings. The van der Waals surface area contributed by atoms with Crippen molar-refractivity contribution in [3.8, 4) is 5.75 Å². The van der Waals surface area contributed by atoms with Gasteiger partial charge in [0.25, 0.3) is 15.9 Å². The van der Waals surface area contributed by atoms with Crippen LogP contribution >= 0.6 is 0 Å². The van der Waals surface area contributed by atoms with Gasteiger partial charge in [-0.25, -0.2) is 12.8 Å². The highest BCUT2D eigenvalue weighted by molar-refractivity contribution is 7.92. The molecule has 3 rings (SSSR count). The van der Waals surface area contributed by atoms with Gasteiger partial charge in [0.15, 0.2) is 6.10 Å². The van der Waals surface area contributed by atoms with E-state index in [1.54, 1.807) is 0 Å². The normalized spacial score (nSPS) is 16.4. The SMILES string of the molecule is CC(C)(OC(=O)Cc1ccc2c(c1)N(S(=O)(=O)c1ccc(F)c(C(F)(F)F)c1)C[C@H](C(N)=O)O2)C(F)(F)F. The Morgan fingerprint density at radius 1 is 1.08 bits per heavy atom. The smallest absolute Gasteiger partial charge is 0.427 e. The number of rotatable bonds is 6. The molecule has 1 atom stereocenters. The first-order valence-electron chi connectivity index (χ1n) is 10.5. The summed E-state index contributed by atoms with van der Waals surface area (Å²) < 4.78 is 129. The van der Waals surface area contributed by atoms with Gasteiger partial charge in [0.1, 0.15) is 11.6 Å². The summed E-state index contributed by atoms with van der Waals surface area (Å²) in [6.45, 7) is 0.446. The van der Waals surface area contributed by atoms with Gasteiger partial charge < -0.3 is 15.2 Å². The summed E-state index contributed by atoms with van der Waals surface area (Å²) in [5.74, 6) is -4.44. The zero-order chi connectivity index (χ0) is 28.8. The van der Waals surface area contributed by atoms with Crippen molar-refractivity contribution in [1.82, 2.24) is 0 Å². The zero-order valence-electron chi connectivity index (χ0n) is 19.5. The van der Waals surface area contributed by atoms with Gasteiger partial charge in [-0.15, -0.1) is 0 Å². The predicted molar refractivity (Wildman–Crippen MR) is 116 cm³/mol. The molecule has 8 nitrogen and oxygen atoms in total. The monoisotopic (exact) mass is 572 g/mol. The third-order valence-electron chi connectivity index (χ3n) is 5.44. The van der Waals surface area contributed by atoms with Crippen LogP contribution in [0.5, 0.6) is 5.75 Å². The number of nitrogens with two attached hydrogens (primary N) is 1. The molecule has 0 spiro atoms. The van der Waals surface area contributed by atoms with Gasteiger partial charge in [0.2, 0.25) is 5.60 Å². The molecule has 1 amide bonds. The molecule has 0 saturated heterocycles. The number of halogens is 7. The second kappa shape index (κ2) is 9.63. The van der Waals surface area contributed by atoms with Crippen LogP contribution in [0, 0.1) is 5.82 Å². The van der Waals surface area contributed by atoms with E-state index in [-0.39, 0.29) is 23.1 Å². The molecular weight excluding hydrogens is 553 g/mol. The van der Waals surface area contributed by atoms with Crippen LogP contribution in [0.3, 0.4) is 0 Å². The topological polar surface area (TPSA) is 116 Å². The van der Waals surface area contributed by atoms with Crippen molar-refractivity contribution in [1.29, 1.82) is 0 Å². The van der Waals surface area contributed by atoms with Crippen LogP contribution in [0.25, 0.3) is 0 Å². The highest BCUT2D eigenvalue weighted by atomic mass is 32.2. The van der Waals surface area contributed by atoms with Crippen molar-refractivity contribution in [2.75, 3.05) is 10.8 Å². The number of carbonyl (C=O) groups excluding carboxylic acids is 2. The van der Waals surface area contributed by atoms with Crippen LogP contribution in [0.1, 0.15) is 25.0 Å². The van der Waals surface area contributed by atoms with E-state index < -0.39 is 75.2 Å². The van der Waals surface area contributed by atoms with Gasteiger partial charge in [0.05, 0.1) is 29.1 Å². The lowest BCUT2D eigenvalue weighted by Gasteiger charge is -2.34. The first-order valence-corrected chi connectivity index (χ1v) is 11.9. The molecule has 16 heteroatoms. The number of anilines is 1. The number of primary amides is 1. The van der Waals surface area contributed by atoms with Crippen molar-refractivity contribution in [2.24, 2.45) is 5.73 Å². The summed E-state index contributed by atoms with van der Waals surface area (Å²) >= 11 is 0. The number of fused-ring (bicyclic) bond motifs is 1. The van der Waals surface area contributed by atoms with Gasteiger partial charge in [-0.2, -0.15) is 26.3 Å². The lowest BCUT2D eigenvalue weighted by Crippen LogP contribution is -2.49. The van der Waals surface area contributed by atoms with E-state index in [1.165, 1.54) is 6.07 Å². The van der Waals surface area contributed by atoms with Crippen LogP contribution in [-0.2, 0) is 36.9 Å². The fourth-order valence-corrected chi connectivity index (χ4v) is 4.83. The van der Waals surface area contributed by atoms with E-state index in [0.717, 1.165) is 12.1 Å². The maximum absolute atomic E-state index is 13.7. The number of hydrogen-bond donors (Lipinski definition) is 1. The van der Waals surface area contributed by atoms with Gasteiger partial charge in [-0.3, -0.25) is 13.9 Å². The molecule has 0 radical (unpaired) electrons. The third kappa shape index (κ3) is 5.79. The molecule has 2 aromatic rings. The fourth-order valence-electron chi connectivity index (χ4n) is 3.34. The Bertz CT molecular complexity index is 1370. The van der Waals surface area contributed by atoms with Crippen molar-refractivity contribution < 1.29 is 58.2 Å². The summed E-state index contributed by atoms with van der Waals surface area (Å²) in [6.07, 6.45) is -12.4. The van der Waals surface area contributed by atoms with Crippen molar-refractivity contribution in [3.63, 3.8) is 0 Å². The van der Waals surface area contributed by atoms with E-state index in [9.17, 15) is 48.7 Å². The maximum Gasteiger partial charge on any atom is 0.427 e. The fraction of sp³-hybridized carbons (Fsp3) is 0.364. The Hall–Kier alpha value is -3.56. The van der Waals surface area contributed by atoms with E-state index in [0.29, 0.717) is 30.3 Å². The number of sulfonamides is 1. The van der Waals surface area contributed by atoms with Crippen molar-refractivity contribution in [2.45, 2.75) is 49.2 Å². The van der Waals surface area contributed by atoms with Crippen LogP contribution in [-0.4, -0.2) is 44.7 Å². The van der Waals surface area contributed by atoms with Gasteiger partial charge in [-0.05, 0) is 49.7 Å². The largest absolute Gasteiger partial charge is 0.476 e. The number of alkyl halides is 6. The van der Waals surface area contributed by atoms with Gasteiger partial charge in [-0.1, -0.05) is 6.07 Å². The minimum Gasteiger partial charge on any atom is -0.476 e. The molecule has 0 bridgehead atoms. The minimum atomic E-state index is -5.23. The number of nitrogens with zero attached hydrogens (tertiary/aromatic N) is 1. The summed E-state index contributed by atoms with van der Waals surface area (Å²) in [4.78, 5) is 22.9. The molecule has 0 saturated carbocycles. The second-order valence-electron chi connectivity index (χ2n) is 8.65. The molecule has 0 aromatic heterocycles. The third-order valence-corrected chi connectivity index (χ3v) is 7.22. The van der Waals surface area contributed by atoms with E-state index in [4.69, 9.17) is 10.5 Å². The van der Waals surface area contributed by atoms with E-state index in [1.807, 2.05) is 0 Å². The number of esters is 1. The van der Waals surface area contributed by atoms with Crippen LogP contribution in [0.4, 0.5) is 36.4 Å². The Kier molecular flexibility index (Phi) is 7.35. The molecule has 38 heavy (non-hydrogen) atoms. The molecule has 0 aliphatic carbocycles. The molecule has 0 fully saturated rings. The Labute approximate surface area is 211 Å². The summed E-state index contributed by atoms with van der Waals surface area (Å²) in [7, 11) is -4.92. The summed E-state index contributed by atoms with van der Waals surface area (Å²) in [5.41, 5.74) is 0.121. The summed E-state index contributed by atoms with van der Waals surface area (Å²) in [6, 6.07) is 4.23. The van der Waals surface area contributed by atoms with Crippen molar-refractivity contribution in [3.05, 3.63) is 53.3 Å². The minimum absolute atomic E-state index is 0.0527. The lowest BCUT2D eigenvalue weighted by molar-refractivity contribution is -0.257. The molecule has 1 aliphatic heterocycles. The first-order chi connectivity index (χ1) is 17.2. The second-order valence-corrected chi connectivity index (χ2v) is 10.5. The number of carbonyl (C=O) groups is 2. The Morgan fingerprint density at radius 2 is 1.71 bits per heavy atom. The number of benzene rings is 2. The molecule has 208 valence electrons. The van der Waals surface area contributed by atoms with Gasteiger partial charge in [0, 0.05) is 0 Å². The Morgan fingerprint density at radius 3 is 2.26 bits per heavy atom. The van der Waals surface area contributed by atoms with Gasteiger partial charge >= 0.3 is 18.3 Å². The molecule has 1 heterocycles. The maximum atomic E-state index is 13.7. The number of ether oxygens (including phenoxy) is 2. The summed E-state index contributed by atoms with van der Waals surface area (Å²) in [5, 5.41) is 0. The average molecular weight is 572 g/mol. The average Bonchev–Trinajstić information content (AvgIpc) is 2.76. The molecular formula is C22H19F7N2O6S. The van der Waals surface area contributed by atoms with Crippen molar-refractivity contribution >= 4 is 27.6 Å². The molecule has 2 N–H and O–H groups in total. The number of amides is 1. The zero-order valence-corrected chi connectivity index (χ0v) is 20.3. The molecule has 0 unspecified atom stereocenters. The first kappa shape index (κ1) is 29.0. The van der Waals surface area contributed by atoms with E-state index in [2.05, 4.69) is 4.74 Å². The van der Waals surface area contributed by atoms with Crippen LogP contribution in [0.15, 0.2) is 41.3 Å². The highest BCUT2D eigenvalue weighted by Gasteiger charge is 2.50. The predicted octanol–water partition coefficient (Wildman–Crippen LogP) is 3.71. The quantitative estimate of drug-likeness (QED) is 0.417. The highest BCUT2D eigenvalue weighted by Crippen LogP contribution is 2.40. The lowest BCUT2D eigenvalue weighted by atomic mass is 10.1. The standard InChI is InChI=1S/C22H19F7N2O6S/c1-20(2,22(27,28)29)37-18(32)8-11-3-6-16-15(7-11)31(10-17(36-16)19(30)33)38(34,35)12-4-5-14(23)13(9-12)21(24,25)26/h3-7,9,17H,8,10H2,1-2H3,(H2,30,33)/t17-/m1/s1. The molecule has 2 aromatic carbocycles. The van der Waals surface area contributed by atoms with Crippen LogP contribution in [0.2, 0.25) is 0 Å². The number of hydrogen-bond acceptors (Lipinski definition) is 6. The van der Waals surface area contributed by atoms with Crippen LogP contribution < -0.4 is 14.8 Å². The Balaban J connectivity index is 2.04. The van der Waals surface area contributed by atoms with E-state index >= 15 is 0 Å².